The van der Waals surface area contributed by atoms with Gasteiger partial charge in [0, 0.05) is 17.9 Å². The minimum absolute atomic E-state index is 0.0861. The first-order valence-corrected chi connectivity index (χ1v) is 10.2. The number of nitrogens with one attached hydrogen (secondary N) is 1. The van der Waals surface area contributed by atoms with Gasteiger partial charge in [0.25, 0.3) is 0 Å². The Hall–Kier alpha value is -1.40. The number of hydrogen-bond acceptors (Lipinski definition) is 4. The van der Waals surface area contributed by atoms with Gasteiger partial charge in [-0.1, -0.05) is 37.3 Å². The van der Waals surface area contributed by atoms with Gasteiger partial charge in [0.05, 0.1) is 17.6 Å². The highest BCUT2D eigenvalue weighted by Crippen LogP contribution is 2.27. The van der Waals surface area contributed by atoms with Gasteiger partial charge < -0.3 is 10.4 Å². The summed E-state index contributed by atoms with van der Waals surface area (Å²) < 4.78 is 22.9. The number of aliphatic hydroxyl groups excluding tert-OH is 1. The second-order valence-electron chi connectivity index (χ2n) is 7.14. The molecule has 1 saturated heterocycles. The molecule has 1 amide bonds. The molecule has 0 aliphatic carbocycles. The van der Waals surface area contributed by atoms with Crippen LogP contribution in [0.5, 0.6) is 0 Å². The van der Waals surface area contributed by atoms with E-state index in [1.54, 1.807) is 6.92 Å². The normalized spacial score (nSPS) is 21.6. The average molecular weight is 353 g/mol. The summed E-state index contributed by atoms with van der Waals surface area (Å²) in [6.07, 6.45) is 0.853. The molecule has 1 aromatic rings. The summed E-state index contributed by atoms with van der Waals surface area (Å²) >= 11 is 0. The third-order valence-electron chi connectivity index (χ3n) is 5.05. The van der Waals surface area contributed by atoms with Gasteiger partial charge in [-0.2, -0.15) is 0 Å². The first kappa shape index (κ1) is 18.9. The van der Waals surface area contributed by atoms with E-state index in [0.717, 1.165) is 5.56 Å². The van der Waals surface area contributed by atoms with Crippen LogP contribution >= 0.6 is 0 Å². The monoisotopic (exact) mass is 353 g/mol. The van der Waals surface area contributed by atoms with Crippen molar-refractivity contribution in [2.24, 2.45) is 11.3 Å². The van der Waals surface area contributed by atoms with Crippen molar-refractivity contribution in [1.29, 1.82) is 0 Å². The molecule has 0 aromatic heterocycles. The maximum atomic E-state index is 12.3. The van der Waals surface area contributed by atoms with Gasteiger partial charge in [0.2, 0.25) is 5.91 Å². The quantitative estimate of drug-likeness (QED) is 0.813. The second kappa shape index (κ2) is 7.66. The summed E-state index contributed by atoms with van der Waals surface area (Å²) in [4.78, 5) is 12.3. The van der Waals surface area contributed by atoms with Gasteiger partial charge in [0.15, 0.2) is 0 Å². The van der Waals surface area contributed by atoms with Gasteiger partial charge in [-0.25, -0.2) is 8.42 Å². The third kappa shape index (κ3) is 5.05. The molecule has 1 heterocycles. The molecule has 5 nitrogen and oxygen atoms in total. The molecule has 1 fully saturated rings. The molecule has 2 rings (SSSR count). The minimum Gasteiger partial charge on any atom is -0.393 e. The Labute approximate surface area is 144 Å². The fraction of sp³-hybridized carbons (Fsp3) is 0.611. The van der Waals surface area contributed by atoms with E-state index in [1.165, 1.54) is 0 Å². The first-order chi connectivity index (χ1) is 11.2. The van der Waals surface area contributed by atoms with Crippen LogP contribution in [0.1, 0.15) is 32.3 Å². The zero-order valence-corrected chi connectivity index (χ0v) is 15.2. The Morgan fingerprint density at radius 1 is 1.29 bits per heavy atom. The number of aliphatic hydroxyl groups is 1. The predicted octanol–water partition coefficient (Wildman–Crippen LogP) is 1.56. The van der Waals surface area contributed by atoms with E-state index in [0.29, 0.717) is 25.8 Å². The number of benzene rings is 1. The summed E-state index contributed by atoms with van der Waals surface area (Å²) in [6, 6.07) is 9.88. The lowest BCUT2D eigenvalue weighted by Gasteiger charge is -2.34. The van der Waals surface area contributed by atoms with Crippen molar-refractivity contribution in [3.05, 3.63) is 35.9 Å². The molecule has 0 bridgehead atoms. The van der Waals surface area contributed by atoms with Crippen LogP contribution in [0.4, 0.5) is 0 Å². The number of carbonyl (C=O) groups excluding carboxylic acids is 1. The van der Waals surface area contributed by atoms with Crippen LogP contribution in [0.15, 0.2) is 30.3 Å². The van der Waals surface area contributed by atoms with E-state index in [1.807, 2.05) is 37.3 Å². The Kier molecular flexibility index (Phi) is 6.04. The van der Waals surface area contributed by atoms with Gasteiger partial charge in [-0.05, 0) is 31.7 Å². The lowest BCUT2D eigenvalue weighted by atomic mass is 9.79. The van der Waals surface area contributed by atoms with E-state index in [-0.39, 0.29) is 23.3 Å². The van der Waals surface area contributed by atoms with E-state index < -0.39 is 21.4 Å². The lowest BCUT2D eigenvalue weighted by molar-refractivity contribution is -0.126. The van der Waals surface area contributed by atoms with Crippen LogP contribution in [0.3, 0.4) is 0 Å². The summed E-state index contributed by atoms with van der Waals surface area (Å²) in [7, 11) is -2.97. The number of sulfone groups is 1. The second-order valence-corrected chi connectivity index (χ2v) is 9.44. The molecule has 6 heteroatoms. The van der Waals surface area contributed by atoms with Crippen LogP contribution < -0.4 is 5.32 Å². The number of rotatable bonds is 6. The molecular weight excluding hydrogens is 326 g/mol. The fourth-order valence-corrected chi connectivity index (χ4v) is 4.50. The van der Waals surface area contributed by atoms with Crippen molar-refractivity contribution in [3.8, 4) is 0 Å². The molecule has 24 heavy (non-hydrogen) atoms. The van der Waals surface area contributed by atoms with Crippen molar-refractivity contribution in [2.45, 2.75) is 39.2 Å². The Balaban J connectivity index is 1.95. The fourth-order valence-electron chi connectivity index (χ4n) is 3.01. The summed E-state index contributed by atoms with van der Waals surface area (Å²) in [5.41, 5.74) is 0.636. The molecule has 2 N–H and O–H groups in total. The van der Waals surface area contributed by atoms with E-state index in [9.17, 15) is 18.3 Å². The molecule has 1 aromatic carbocycles. The Morgan fingerprint density at radius 3 is 2.42 bits per heavy atom. The molecule has 2 atom stereocenters. The molecule has 2 unspecified atom stereocenters. The van der Waals surface area contributed by atoms with Crippen LogP contribution in [0.2, 0.25) is 0 Å². The molecule has 0 saturated carbocycles. The standard InChI is InChI=1S/C18H27NO4S/c1-14(20)18(2,12-15-6-4-3-5-7-15)13-19-17(21)16-8-10-24(22,23)11-9-16/h3-7,14,16,20H,8-13H2,1-2H3,(H,19,21). The summed E-state index contributed by atoms with van der Waals surface area (Å²) in [5, 5.41) is 13.1. The van der Waals surface area contributed by atoms with Gasteiger partial charge in [-0.3, -0.25) is 4.79 Å². The van der Waals surface area contributed by atoms with Crippen LogP contribution in [-0.4, -0.2) is 43.6 Å². The summed E-state index contributed by atoms with van der Waals surface area (Å²) in [6.45, 7) is 4.06. The first-order valence-electron chi connectivity index (χ1n) is 8.42. The van der Waals surface area contributed by atoms with E-state index in [2.05, 4.69) is 5.32 Å². The minimum atomic E-state index is -2.97. The molecular formula is C18H27NO4S. The van der Waals surface area contributed by atoms with Crippen molar-refractivity contribution in [3.63, 3.8) is 0 Å². The van der Waals surface area contributed by atoms with Crippen molar-refractivity contribution in [1.82, 2.24) is 5.32 Å². The van der Waals surface area contributed by atoms with Crippen LogP contribution in [0.25, 0.3) is 0 Å². The highest BCUT2D eigenvalue weighted by atomic mass is 32.2. The van der Waals surface area contributed by atoms with Crippen molar-refractivity contribution < 1.29 is 18.3 Å². The lowest BCUT2D eigenvalue weighted by Crippen LogP contribution is -2.46. The SMILES string of the molecule is CC(O)C(C)(CNC(=O)C1CCS(=O)(=O)CC1)Cc1ccccc1. The summed E-state index contributed by atoms with van der Waals surface area (Å²) in [5.74, 6) is -0.181. The number of amides is 1. The molecule has 134 valence electrons. The maximum absolute atomic E-state index is 12.3. The van der Waals surface area contributed by atoms with Gasteiger partial charge >= 0.3 is 0 Å². The van der Waals surface area contributed by atoms with Gasteiger partial charge in [0.1, 0.15) is 9.84 Å². The van der Waals surface area contributed by atoms with E-state index in [4.69, 9.17) is 0 Å². The average Bonchev–Trinajstić information content (AvgIpc) is 2.53. The molecule has 1 aliphatic rings. The number of hydrogen-bond donors (Lipinski definition) is 2. The Bertz CT molecular complexity index is 643. The van der Waals surface area contributed by atoms with E-state index >= 15 is 0 Å². The third-order valence-corrected chi connectivity index (χ3v) is 6.77. The van der Waals surface area contributed by atoms with Crippen molar-refractivity contribution in [2.75, 3.05) is 18.1 Å². The molecule has 1 aliphatic heterocycles. The van der Waals surface area contributed by atoms with Crippen LogP contribution in [0, 0.1) is 11.3 Å². The van der Waals surface area contributed by atoms with Crippen molar-refractivity contribution >= 4 is 15.7 Å². The highest BCUT2D eigenvalue weighted by Gasteiger charge is 2.33. The van der Waals surface area contributed by atoms with Gasteiger partial charge in [-0.15, -0.1) is 0 Å². The predicted molar refractivity (Wildman–Crippen MR) is 94.3 cm³/mol. The molecule has 0 radical (unpaired) electrons. The molecule has 0 spiro atoms. The number of carbonyl (C=O) groups is 1. The maximum Gasteiger partial charge on any atom is 0.223 e. The zero-order valence-electron chi connectivity index (χ0n) is 14.4. The zero-order chi connectivity index (χ0) is 17.8. The smallest absolute Gasteiger partial charge is 0.223 e. The Morgan fingerprint density at radius 2 is 1.88 bits per heavy atom. The van der Waals surface area contributed by atoms with Crippen LogP contribution in [-0.2, 0) is 21.1 Å². The topological polar surface area (TPSA) is 83.5 Å². The highest BCUT2D eigenvalue weighted by molar-refractivity contribution is 7.91. The largest absolute Gasteiger partial charge is 0.393 e.